The maximum Gasteiger partial charge on any atom is 0.410 e. The first kappa shape index (κ1) is 29.8. The van der Waals surface area contributed by atoms with Crippen LogP contribution in [0, 0.1) is 11.3 Å². The number of rotatable bonds is 10. The van der Waals surface area contributed by atoms with Gasteiger partial charge in [-0.15, -0.1) is 0 Å². The molecule has 3 aromatic heterocycles. The summed E-state index contributed by atoms with van der Waals surface area (Å²) in [6.07, 6.45) is 4.03. The summed E-state index contributed by atoms with van der Waals surface area (Å²) >= 11 is 0. The summed E-state index contributed by atoms with van der Waals surface area (Å²) in [7, 11) is 0.414. The second-order valence-corrected chi connectivity index (χ2v) is 18.2. The molecule has 0 N–H and O–H groups in total. The van der Waals surface area contributed by atoms with E-state index in [2.05, 4.69) is 35.6 Å². The van der Waals surface area contributed by atoms with Crippen molar-refractivity contribution in [3.63, 3.8) is 0 Å². The first-order valence-corrected chi connectivity index (χ1v) is 17.6. The Morgan fingerprint density at radius 2 is 2.02 bits per heavy atom. The molecule has 1 aliphatic rings. The van der Waals surface area contributed by atoms with Gasteiger partial charge in [-0.05, 0) is 45.4 Å². The van der Waals surface area contributed by atoms with E-state index in [1.54, 1.807) is 18.2 Å². The second-order valence-electron chi connectivity index (χ2n) is 12.6. The van der Waals surface area contributed by atoms with Crippen LogP contribution in [0.15, 0.2) is 24.5 Å². The number of hydrogen-bond acceptors (Lipinski definition) is 8. The minimum Gasteiger partial charge on any atom is -0.444 e. The number of ether oxygens (including phenoxy) is 3. The smallest absolute Gasteiger partial charge is 0.410 e. The third-order valence-electron chi connectivity index (χ3n) is 7.05. The van der Waals surface area contributed by atoms with E-state index in [4.69, 9.17) is 19.2 Å². The van der Waals surface area contributed by atoms with Crippen LogP contribution >= 0.6 is 0 Å². The average Bonchev–Trinajstić information content (AvgIpc) is 3.48. The Hall–Kier alpha value is -3.20. The van der Waals surface area contributed by atoms with Gasteiger partial charge in [0.15, 0.2) is 0 Å². The van der Waals surface area contributed by atoms with E-state index in [-0.39, 0.29) is 12.1 Å². The number of anilines is 1. The summed E-state index contributed by atoms with van der Waals surface area (Å²) < 4.78 is 19.2. The van der Waals surface area contributed by atoms with Crippen LogP contribution in [-0.2, 0) is 20.9 Å². The van der Waals surface area contributed by atoms with E-state index < -0.39 is 13.7 Å². The van der Waals surface area contributed by atoms with E-state index in [9.17, 15) is 10.1 Å². The number of nitrogens with zero attached hydrogens (tertiary/aromatic N) is 6. The Kier molecular flexibility index (Phi) is 9.02. The summed E-state index contributed by atoms with van der Waals surface area (Å²) in [6, 6.07) is 7.07. The first-order valence-electron chi connectivity index (χ1n) is 13.9. The lowest BCUT2D eigenvalue weighted by Gasteiger charge is -2.31. The molecule has 1 aliphatic heterocycles. The predicted molar refractivity (Wildman–Crippen MR) is 159 cm³/mol. The van der Waals surface area contributed by atoms with Crippen molar-refractivity contribution in [2.45, 2.75) is 71.3 Å². The van der Waals surface area contributed by atoms with Crippen LogP contribution in [0.2, 0.25) is 25.7 Å². The molecule has 0 bridgehead atoms. The van der Waals surface area contributed by atoms with Crippen molar-refractivity contribution in [3.05, 3.63) is 30.2 Å². The molecule has 11 heteroatoms. The van der Waals surface area contributed by atoms with E-state index >= 15 is 0 Å². The number of pyridine rings is 2. The summed E-state index contributed by atoms with van der Waals surface area (Å²) in [4.78, 5) is 26.3. The Bertz CT molecular complexity index is 1390. The number of nitriles is 1. The summed E-state index contributed by atoms with van der Waals surface area (Å²) in [5.74, 6) is 0. The zero-order valence-electron chi connectivity index (χ0n) is 24.9. The van der Waals surface area contributed by atoms with Gasteiger partial charge in [-0.25, -0.2) is 14.8 Å². The van der Waals surface area contributed by atoms with Gasteiger partial charge >= 0.3 is 6.09 Å². The van der Waals surface area contributed by atoms with Crippen molar-refractivity contribution in [1.82, 2.24) is 19.4 Å². The minimum atomic E-state index is -1.22. The third kappa shape index (κ3) is 6.92. The fraction of sp³-hybridized carbons (Fsp3) is 0.586. The number of carbonyl (C=O) groups excluding carboxylic acids is 1. The van der Waals surface area contributed by atoms with Gasteiger partial charge in [0.25, 0.3) is 0 Å². The molecule has 0 aromatic carbocycles. The maximum atomic E-state index is 13.1. The SMILES string of the molecule is COCCN(C(=O)OC(C)(C)C)[C@H]1CCN(c2ccnc3c2c2cc(C#N)ncc2n3COCC[Si](C)(C)C)C1. The number of methoxy groups -OCH3 is 1. The number of aromatic nitrogens is 3. The van der Waals surface area contributed by atoms with Crippen LogP contribution in [0.1, 0.15) is 32.9 Å². The molecule has 1 atom stereocenters. The maximum absolute atomic E-state index is 13.1. The van der Waals surface area contributed by atoms with Gasteiger partial charge in [0.2, 0.25) is 0 Å². The highest BCUT2D eigenvalue weighted by atomic mass is 28.3. The Labute approximate surface area is 237 Å². The Morgan fingerprint density at radius 1 is 1.25 bits per heavy atom. The van der Waals surface area contributed by atoms with Crippen LogP contribution in [0.25, 0.3) is 21.9 Å². The number of fused-ring (bicyclic) bond motifs is 3. The van der Waals surface area contributed by atoms with Crippen LogP contribution < -0.4 is 4.90 Å². The minimum absolute atomic E-state index is 0.0252. The lowest BCUT2D eigenvalue weighted by molar-refractivity contribution is 0.0123. The van der Waals surface area contributed by atoms with Gasteiger partial charge in [0.05, 0.1) is 35.4 Å². The summed E-state index contributed by atoms with van der Waals surface area (Å²) in [5.41, 5.74) is 2.47. The molecule has 1 amide bonds. The van der Waals surface area contributed by atoms with Crippen LogP contribution in [0.4, 0.5) is 10.5 Å². The standard InChI is InChI=1S/C29H42N6O4Si/c1-29(2,3)39-28(36)34(12-13-37-4)22-9-11-33(19-22)24-8-10-31-27-26(24)23-16-21(17-30)32-18-25(23)35(27)20-38-14-15-40(5,6)7/h8,10,16,18,22H,9,11-15,19-20H2,1-7H3/t22-/m0/s1. The van der Waals surface area contributed by atoms with Gasteiger partial charge in [0.1, 0.15) is 29.7 Å². The van der Waals surface area contributed by atoms with E-state index in [0.717, 1.165) is 46.6 Å². The molecule has 0 aliphatic carbocycles. The molecule has 0 saturated carbocycles. The first-order chi connectivity index (χ1) is 18.9. The van der Waals surface area contributed by atoms with Gasteiger partial charge in [-0.2, -0.15) is 5.26 Å². The molecule has 0 spiro atoms. The highest BCUT2D eigenvalue weighted by Gasteiger charge is 2.34. The van der Waals surface area contributed by atoms with Crippen LogP contribution in [0.5, 0.6) is 0 Å². The molecule has 10 nitrogen and oxygen atoms in total. The molecule has 1 saturated heterocycles. The lowest BCUT2D eigenvalue weighted by atomic mass is 10.1. The van der Waals surface area contributed by atoms with Gasteiger partial charge in [-0.3, -0.25) is 4.57 Å². The summed E-state index contributed by atoms with van der Waals surface area (Å²) in [5, 5.41) is 11.5. The molecular formula is C29H42N6O4Si. The van der Waals surface area contributed by atoms with Crippen molar-refractivity contribution < 1.29 is 19.0 Å². The van der Waals surface area contributed by atoms with Crippen molar-refractivity contribution in [3.8, 4) is 6.07 Å². The molecule has 1 fully saturated rings. The van der Waals surface area contributed by atoms with Crippen molar-refractivity contribution in [1.29, 1.82) is 5.26 Å². The fourth-order valence-corrected chi connectivity index (χ4v) is 5.78. The van der Waals surface area contributed by atoms with Gasteiger partial charge < -0.3 is 24.0 Å². The predicted octanol–water partition coefficient (Wildman–Crippen LogP) is 5.23. The highest BCUT2D eigenvalue weighted by Crippen LogP contribution is 2.37. The Balaban J connectivity index is 1.67. The molecule has 0 radical (unpaired) electrons. The molecule has 0 unspecified atom stereocenters. The largest absolute Gasteiger partial charge is 0.444 e. The normalized spacial score (nSPS) is 16.1. The topological polar surface area (TPSA) is 106 Å². The van der Waals surface area contributed by atoms with Gasteiger partial charge in [-0.1, -0.05) is 19.6 Å². The van der Waals surface area contributed by atoms with Crippen molar-refractivity contribution in [2.75, 3.05) is 44.9 Å². The van der Waals surface area contributed by atoms with E-state index in [1.165, 1.54) is 0 Å². The number of carbonyl (C=O) groups is 1. The third-order valence-corrected chi connectivity index (χ3v) is 8.75. The highest BCUT2D eigenvalue weighted by molar-refractivity contribution is 6.76. The van der Waals surface area contributed by atoms with Crippen molar-refractivity contribution in [2.24, 2.45) is 0 Å². The zero-order chi connectivity index (χ0) is 29.1. The van der Waals surface area contributed by atoms with E-state index in [0.29, 0.717) is 38.7 Å². The monoisotopic (exact) mass is 566 g/mol. The van der Waals surface area contributed by atoms with Crippen molar-refractivity contribution >= 4 is 41.8 Å². The summed E-state index contributed by atoms with van der Waals surface area (Å²) in [6.45, 7) is 16.0. The Morgan fingerprint density at radius 3 is 2.70 bits per heavy atom. The van der Waals surface area contributed by atoms with Crippen LogP contribution in [0.3, 0.4) is 0 Å². The number of hydrogen-bond donors (Lipinski definition) is 0. The van der Waals surface area contributed by atoms with Crippen LogP contribution in [-0.4, -0.2) is 85.2 Å². The zero-order valence-corrected chi connectivity index (χ0v) is 25.9. The number of amides is 1. The molecule has 216 valence electrons. The molecule has 40 heavy (non-hydrogen) atoms. The fourth-order valence-electron chi connectivity index (χ4n) is 5.02. The molecular weight excluding hydrogens is 524 g/mol. The molecule has 3 aromatic rings. The average molecular weight is 567 g/mol. The molecule has 4 rings (SSSR count). The second kappa shape index (κ2) is 12.1. The van der Waals surface area contributed by atoms with E-state index in [1.807, 2.05) is 43.7 Å². The quantitative estimate of drug-likeness (QED) is 0.243. The molecule has 4 heterocycles. The van der Waals surface area contributed by atoms with Gasteiger partial charge in [0, 0.05) is 53.0 Å². The lowest BCUT2D eigenvalue weighted by Crippen LogP contribution is -2.46.